The van der Waals surface area contributed by atoms with Gasteiger partial charge in [0.05, 0.1) is 18.5 Å². The van der Waals surface area contributed by atoms with E-state index in [0.29, 0.717) is 22.3 Å². The molecule has 0 saturated heterocycles. The van der Waals surface area contributed by atoms with Crippen molar-refractivity contribution in [3.8, 4) is 11.5 Å². The monoisotopic (exact) mass is 1120 g/mol. The van der Waals surface area contributed by atoms with Crippen molar-refractivity contribution in [2.24, 2.45) is 5.73 Å². The number of nitrogens with two attached hydrogens (primary N) is 1. The average molecular weight is 1120 g/mol. The summed E-state index contributed by atoms with van der Waals surface area (Å²) in [5, 5.41) is 48.7. The minimum absolute atomic E-state index is 0.0771. The topological polar surface area (TPSA) is 327 Å². The lowest BCUT2D eigenvalue weighted by atomic mass is 9.98. The van der Waals surface area contributed by atoms with Crippen LogP contribution in [0, 0.1) is 0 Å². The van der Waals surface area contributed by atoms with Crippen LogP contribution in [-0.2, 0) is 76.9 Å². The number of carboxylic acids is 1. The summed E-state index contributed by atoms with van der Waals surface area (Å²) in [6.45, 7) is 1.43. The molecule has 13 N–H and O–H groups in total. The van der Waals surface area contributed by atoms with Crippen LogP contribution in [0.4, 0.5) is 0 Å². The smallest absolute Gasteiger partial charge is 0.326 e. The highest BCUT2D eigenvalue weighted by atomic mass is 16.4. The molecule has 0 unspecified atom stereocenters. The molecule has 0 radical (unpaired) electrons. The van der Waals surface area contributed by atoms with Crippen molar-refractivity contribution in [1.29, 1.82) is 0 Å². The lowest BCUT2D eigenvalue weighted by Crippen LogP contribution is -2.61. The van der Waals surface area contributed by atoms with Crippen molar-refractivity contribution in [2.75, 3.05) is 0 Å². The summed E-state index contributed by atoms with van der Waals surface area (Å²) >= 11 is 0. The fraction of sp³-hybridized carbons (Fsp3) is 0.238. The Morgan fingerprint density at radius 3 is 1.16 bits per heavy atom. The largest absolute Gasteiger partial charge is 0.508 e. The molecule has 0 spiro atoms. The predicted octanol–water partition coefficient (Wildman–Crippen LogP) is 4.12. The number of aliphatic carboxylic acids is 1. The Balaban J connectivity index is 1.05. The van der Waals surface area contributed by atoms with E-state index in [0.717, 1.165) is 32.9 Å². The summed E-state index contributed by atoms with van der Waals surface area (Å²) in [6, 6.07) is 34.5. The fourth-order valence-electron chi connectivity index (χ4n) is 9.87. The van der Waals surface area contributed by atoms with Crippen molar-refractivity contribution in [3.63, 3.8) is 0 Å². The quantitative estimate of drug-likeness (QED) is 0.0330. The SMILES string of the molecule is CC(=O)[C@@H](Cc1c[nH]c2ccccc12)N[C@@H](Cc1ccccc1)C(=O)N[C@@H](Cc1ccccc1)C(=O)N[C@@H](CC(N)=O)C(=O)N[C@@H](Cc1ccc(O)cc1)C(=O)N[C@@H](Cc1ccc(O)cc1)C(=O)N[C@@H](Cc1c[nH]c2ccccc12)C(=O)O. The normalized spacial score (nSPS) is 13.7. The van der Waals surface area contributed by atoms with Gasteiger partial charge < -0.3 is 57.6 Å². The number of phenols is 2. The number of ketones is 1. The third-order valence-corrected chi connectivity index (χ3v) is 14.3. The van der Waals surface area contributed by atoms with Crippen molar-refractivity contribution < 1.29 is 53.7 Å². The van der Waals surface area contributed by atoms with Crippen LogP contribution in [0.5, 0.6) is 11.5 Å². The number of aromatic nitrogens is 2. The highest BCUT2D eigenvalue weighted by Gasteiger charge is 2.35. The molecule has 6 amide bonds. The van der Waals surface area contributed by atoms with Crippen LogP contribution in [0.1, 0.15) is 46.7 Å². The number of carboxylic acid groups (broad SMARTS) is 1. The van der Waals surface area contributed by atoms with Crippen molar-refractivity contribution in [2.45, 2.75) is 94.2 Å². The average Bonchev–Trinajstić information content (AvgIpc) is 4.34. The zero-order valence-corrected chi connectivity index (χ0v) is 45.3. The maximum atomic E-state index is 14.8. The van der Waals surface area contributed by atoms with Crippen LogP contribution in [0.15, 0.2) is 170 Å². The Morgan fingerprint density at radius 2 is 0.747 bits per heavy atom. The van der Waals surface area contributed by atoms with Gasteiger partial charge in [-0.15, -0.1) is 0 Å². The van der Waals surface area contributed by atoms with Crippen molar-refractivity contribution in [1.82, 2.24) is 41.9 Å². The second-order valence-corrected chi connectivity index (χ2v) is 20.4. The van der Waals surface area contributed by atoms with Gasteiger partial charge in [0, 0.05) is 59.9 Å². The van der Waals surface area contributed by atoms with Gasteiger partial charge in [-0.2, -0.15) is 0 Å². The lowest BCUT2D eigenvalue weighted by molar-refractivity contribution is -0.142. The molecule has 2 heterocycles. The van der Waals surface area contributed by atoms with Gasteiger partial charge in [0.15, 0.2) is 0 Å². The van der Waals surface area contributed by atoms with Gasteiger partial charge >= 0.3 is 5.97 Å². The number of hydrogen-bond acceptors (Lipinski definition) is 11. The number of fused-ring (bicyclic) bond motifs is 2. The van der Waals surface area contributed by atoms with Crippen LogP contribution in [-0.4, -0.2) is 115 Å². The fourth-order valence-corrected chi connectivity index (χ4v) is 9.87. The Labute approximate surface area is 477 Å². The zero-order valence-electron chi connectivity index (χ0n) is 45.3. The summed E-state index contributed by atoms with van der Waals surface area (Å²) in [5.74, 6) is -7.25. The molecule has 8 aromatic rings. The van der Waals surface area contributed by atoms with Crippen LogP contribution in [0.25, 0.3) is 21.8 Å². The maximum Gasteiger partial charge on any atom is 0.326 e. The van der Waals surface area contributed by atoms with E-state index in [1.54, 1.807) is 48.7 Å². The standard InChI is InChI=1S/C63H65N9O11/c1-37(73)50(32-42-35-65-48-18-10-8-16-46(42)48)67-51(28-38-12-4-2-5-13-38)58(77)68-52(29-39-14-6-3-7-15-39)60(79)71-55(34-57(64)76)62(81)70-53(30-40-20-24-44(74)25-21-40)59(78)69-54(31-41-22-26-45(75)27-23-41)61(80)72-56(63(82)83)33-43-36-66-49-19-11-9-17-47(43)49/h2-27,35-36,50-56,65-67,74-75H,28-34H2,1H3,(H2,64,76)(H,68,77)(H,69,78)(H,70,81)(H,71,79)(H,72,80)(H,82,83)/t50-,51+,52+,53+,54+,55+,56+/m1/s1. The molecular weight excluding hydrogens is 1060 g/mol. The first kappa shape index (κ1) is 59.1. The van der Waals surface area contributed by atoms with Gasteiger partial charge in [-0.25, -0.2) is 4.79 Å². The summed E-state index contributed by atoms with van der Waals surface area (Å²) < 4.78 is 0. The molecule has 0 fully saturated rings. The van der Waals surface area contributed by atoms with Crippen LogP contribution < -0.4 is 37.6 Å². The second-order valence-electron chi connectivity index (χ2n) is 20.4. The lowest BCUT2D eigenvalue weighted by Gasteiger charge is -2.28. The third-order valence-electron chi connectivity index (χ3n) is 14.3. The van der Waals surface area contributed by atoms with Gasteiger partial charge in [0.2, 0.25) is 35.4 Å². The highest BCUT2D eigenvalue weighted by molar-refractivity contribution is 5.98. The first-order valence-corrected chi connectivity index (χ1v) is 27.0. The molecule has 0 aliphatic rings. The van der Waals surface area contributed by atoms with E-state index in [1.165, 1.54) is 55.5 Å². The van der Waals surface area contributed by atoms with Gasteiger partial charge in [-0.05, 0) is 89.5 Å². The van der Waals surface area contributed by atoms with E-state index >= 15 is 0 Å². The van der Waals surface area contributed by atoms with Crippen LogP contribution >= 0.6 is 0 Å². The Bertz CT molecular complexity index is 3570. The number of carbonyl (C=O) groups is 8. The van der Waals surface area contributed by atoms with Gasteiger partial charge in [-0.1, -0.05) is 121 Å². The summed E-state index contributed by atoms with van der Waals surface area (Å²) in [5.41, 5.74) is 11.0. The Kier molecular flexibility index (Phi) is 19.8. The summed E-state index contributed by atoms with van der Waals surface area (Å²) in [6.07, 6.45) is 2.29. The molecule has 0 bridgehead atoms. The highest BCUT2D eigenvalue weighted by Crippen LogP contribution is 2.22. The van der Waals surface area contributed by atoms with Crippen molar-refractivity contribution >= 4 is 69.0 Å². The van der Waals surface area contributed by atoms with Gasteiger partial charge in [0.25, 0.3) is 0 Å². The molecule has 83 heavy (non-hydrogen) atoms. The minimum Gasteiger partial charge on any atom is -0.508 e. The first-order valence-electron chi connectivity index (χ1n) is 27.0. The number of aromatic hydroxyl groups is 2. The number of rotatable bonds is 28. The number of benzene rings is 6. The zero-order chi connectivity index (χ0) is 59.0. The third kappa shape index (κ3) is 16.5. The molecule has 0 saturated carbocycles. The van der Waals surface area contributed by atoms with Crippen LogP contribution in [0.3, 0.4) is 0 Å². The first-order chi connectivity index (χ1) is 40.0. The van der Waals surface area contributed by atoms with E-state index < -0.39 is 90.1 Å². The van der Waals surface area contributed by atoms with E-state index in [-0.39, 0.29) is 55.8 Å². The Morgan fingerprint density at radius 1 is 0.410 bits per heavy atom. The molecule has 20 heteroatoms. The molecule has 6 aromatic carbocycles. The Hall–Kier alpha value is -10.1. The number of carbonyl (C=O) groups excluding carboxylic acids is 7. The summed E-state index contributed by atoms with van der Waals surface area (Å²) in [4.78, 5) is 118. The van der Waals surface area contributed by atoms with E-state index in [1.807, 2.05) is 72.9 Å². The van der Waals surface area contributed by atoms with E-state index in [4.69, 9.17) is 5.73 Å². The number of phenolic OH excluding ortho intramolecular Hbond substituents is 2. The number of nitrogens with one attached hydrogen (secondary N) is 8. The number of H-pyrrole nitrogens is 2. The molecule has 8 rings (SSSR count). The second kappa shape index (κ2) is 27.9. The summed E-state index contributed by atoms with van der Waals surface area (Å²) in [7, 11) is 0. The number of aromatic amines is 2. The molecule has 20 nitrogen and oxygen atoms in total. The van der Waals surface area contributed by atoms with E-state index in [2.05, 4.69) is 41.9 Å². The van der Waals surface area contributed by atoms with Gasteiger partial charge in [-0.3, -0.25) is 38.9 Å². The number of hydrogen-bond donors (Lipinski definition) is 12. The molecule has 428 valence electrons. The number of Topliss-reactive ketones (excluding diaryl/α,β-unsaturated/α-hetero) is 1. The number of amides is 6. The van der Waals surface area contributed by atoms with Crippen LogP contribution in [0.2, 0.25) is 0 Å². The molecule has 0 aliphatic carbocycles. The number of primary amides is 1. The maximum absolute atomic E-state index is 14.8. The van der Waals surface area contributed by atoms with Gasteiger partial charge in [0.1, 0.15) is 47.5 Å². The minimum atomic E-state index is -1.75. The molecule has 2 aromatic heterocycles. The molecule has 7 atom stereocenters. The van der Waals surface area contributed by atoms with E-state index in [9.17, 15) is 53.7 Å². The number of para-hydroxylation sites is 2. The van der Waals surface area contributed by atoms with Crippen molar-refractivity contribution in [3.05, 3.63) is 203 Å². The molecular formula is C63H65N9O11. The molecule has 0 aliphatic heterocycles. The predicted molar refractivity (Wildman–Crippen MR) is 310 cm³/mol.